The summed E-state index contributed by atoms with van der Waals surface area (Å²) in [6, 6.07) is 26.3. The van der Waals surface area contributed by atoms with E-state index >= 15 is 0 Å². The van der Waals surface area contributed by atoms with Gasteiger partial charge < -0.3 is 10.6 Å². The van der Waals surface area contributed by atoms with E-state index in [0.29, 0.717) is 16.8 Å². The molecule has 6 heteroatoms. The molecule has 0 radical (unpaired) electrons. The molecule has 3 aromatic rings. The Hall–Kier alpha value is -4.19. The van der Waals surface area contributed by atoms with Gasteiger partial charge in [-0.05, 0) is 30.2 Å². The number of hydrogen-bond acceptors (Lipinski definition) is 4. The lowest BCUT2D eigenvalue weighted by Crippen LogP contribution is -2.45. The Morgan fingerprint density at radius 1 is 0.939 bits per heavy atom. The summed E-state index contributed by atoms with van der Waals surface area (Å²) in [5.41, 5.74) is 5.72. The first-order valence-corrected chi connectivity index (χ1v) is 11.0. The average molecular weight is 437 g/mol. The van der Waals surface area contributed by atoms with Gasteiger partial charge in [0.2, 0.25) is 0 Å². The summed E-state index contributed by atoms with van der Waals surface area (Å²) in [5.74, 6) is -0.105. The highest BCUT2D eigenvalue weighted by Gasteiger charge is 2.31. The number of nitrogens with zero attached hydrogens (tertiary/aromatic N) is 2. The molecule has 6 nitrogen and oxygen atoms in total. The average Bonchev–Trinajstić information content (AvgIpc) is 3.35. The number of benzene rings is 3. The molecule has 2 amide bonds. The number of hydrogen-bond donors (Lipinski definition) is 2. The minimum absolute atomic E-state index is 0.105. The van der Waals surface area contributed by atoms with Crippen LogP contribution in [0, 0.1) is 0 Å². The number of carbonyl (C=O) groups excluding carboxylic acids is 2. The number of rotatable bonds is 5. The van der Waals surface area contributed by atoms with Crippen molar-refractivity contribution in [1.82, 2.24) is 10.6 Å². The van der Waals surface area contributed by atoms with E-state index in [4.69, 9.17) is 5.10 Å². The SMILES string of the molecule is CC1=C(C(=O)c2ccccc2)[C@H](c2ccc(N3CCC(c4ccccc4)=N3)cc2)NC(=O)N1. The molecule has 0 saturated carbocycles. The standard InChI is InChI=1S/C27H24N4O2/c1-18-24(26(32)21-10-6-3-7-11-21)25(29-27(33)28-18)20-12-14-22(15-13-20)31-17-16-23(30-31)19-8-4-2-5-9-19/h2-15,25H,16-17H2,1H3,(H2,28,29,33)/t25-/m0/s1. The van der Waals surface area contributed by atoms with Crippen molar-refractivity contribution in [2.75, 3.05) is 11.6 Å². The van der Waals surface area contributed by atoms with Crippen molar-refractivity contribution >= 4 is 23.2 Å². The highest BCUT2D eigenvalue weighted by Crippen LogP contribution is 2.31. The van der Waals surface area contributed by atoms with Gasteiger partial charge in [0.1, 0.15) is 0 Å². The van der Waals surface area contributed by atoms with E-state index in [-0.39, 0.29) is 11.8 Å². The van der Waals surface area contributed by atoms with E-state index in [2.05, 4.69) is 22.8 Å². The minimum atomic E-state index is -0.525. The van der Waals surface area contributed by atoms with Gasteiger partial charge in [0.15, 0.2) is 5.78 Å². The molecule has 164 valence electrons. The molecular weight excluding hydrogens is 412 g/mol. The van der Waals surface area contributed by atoms with E-state index in [0.717, 1.165) is 35.5 Å². The van der Waals surface area contributed by atoms with Gasteiger partial charge in [-0.1, -0.05) is 72.8 Å². The van der Waals surface area contributed by atoms with Gasteiger partial charge in [-0.15, -0.1) is 0 Å². The molecule has 2 aliphatic rings. The summed E-state index contributed by atoms with van der Waals surface area (Å²) in [7, 11) is 0. The fourth-order valence-electron chi connectivity index (χ4n) is 4.31. The maximum absolute atomic E-state index is 13.3. The number of urea groups is 1. The third kappa shape index (κ3) is 4.15. The van der Waals surface area contributed by atoms with Crippen molar-refractivity contribution in [2.24, 2.45) is 5.10 Å². The van der Waals surface area contributed by atoms with E-state index in [9.17, 15) is 9.59 Å². The molecule has 5 rings (SSSR count). The summed E-state index contributed by atoms with van der Waals surface area (Å²) in [6.07, 6.45) is 0.883. The van der Waals surface area contributed by atoms with Crippen LogP contribution in [0.15, 0.2) is 101 Å². The summed E-state index contributed by atoms with van der Waals surface area (Å²) in [5, 5.41) is 12.4. The molecule has 0 aliphatic carbocycles. The van der Waals surface area contributed by atoms with Crippen molar-refractivity contribution in [1.29, 1.82) is 0 Å². The van der Waals surface area contributed by atoms with Crippen molar-refractivity contribution < 1.29 is 9.59 Å². The number of anilines is 1. The maximum Gasteiger partial charge on any atom is 0.319 e. The predicted octanol–water partition coefficient (Wildman–Crippen LogP) is 4.81. The Bertz CT molecular complexity index is 1250. The zero-order valence-corrected chi connectivity index (χ0v) is 18.3. The third-order valence-electron chi connectivity index (χ3n) is 5.98. The molecule has 0 bridgehead atoms. The molecule has 33 heavy (non-hydrogen) atoms. The second kappa shape index (κ2) is 8.74. The van der Waals surface area contributed by atoms with Crippen LogP contribution in [0.1, 0.15) is 40.9 Å². The van der Waals surface area contributed by atoms with Gasteiger partial charge in [-0.25, -0.2) is 4.79 Å². The summed E-state index contributed by atoms with van der Waals surface area (Å²) < 4.78 is 0. The quantitative estimate of drug-likeness (QED) is 0.564. The summed E-state index contributed by atoms with van der Waals surface area (Å²) in [6.45, 7) is 2.57. The lowest BCUT2D eigenvalue weighted by molar-refractivity contribution is 0.102. The number of amides is 2. The lowest BCUT2D eigenvalue weighted by Gasteiger charge is -2.29. The topological polar surface area (TPSA) is 73.8 Å². The van der Waals surface area contributed by atoms with Crippen LogP contribution in [-0.2, 0) is 0 Å². The van der Waals surface area contributed by atoms with Crippen LogP contribution in [0.3, 0.4) is 0 Å². The number of carbonyl (C=O) groups is 2. The predicted molar refractivity (Wildman–Crippen MR) is 129 cm³/mol. The first-order chi connectivity index (χ1) is 16.1. The number of Topliss-reactive ketones (excluding diaryl/α,β-unsaturated/α-hetero) is 1. The summed E-state index contributed by atoms with van der Waals surface area (Å²) >= 11 is 0. The highest BCUT2D eigenvalue weighted by atomic mass is 16.2. The zero-order valence-electron chi connectivity index (χ0n) is 18.3. The van der Waals surface area contributed by atoms with Crippen LogP contribution < -0.4 is 15.6 Å². The van der Waals surface area contributed by atoms with Crippen LogP contribution >= 0.6 is 0 Å². The largest absolute Gasteiger partial charge is 0.327 e. The van der Waals surface area contributed by atoms with Crippen LogP contribution in [0.4, 0.5) is 10.5 Å². The molecule has 0 fully saturated rings. The molecule has 3 aromatic carbocycles. The Balaban J connectivity index is 1.42. The fraction of sp³-hybridized carbons (Fsp3) is 0.148. The second-order valence-electron chi connectivity index (χ2n) is 8.14. The molecule has 0 spiro atoms. The molecule has 0 unspecified atom stereocenters. The van der Waals surface area contributed by atoms with Gasteiger partial charge in [0.25, 0.3) is 0 Å². The van der Waals surface area contributed by atoms with Crippen LogP contribution in [0.5, 0.6) is 0 Å². The van der Waals surface area contributed by atoms with Gasteiger partial charge in [-0.3, -0.25) is 9.80 Å². The van der Waals surface area contributed by atoms with E-state index < -0.39 is 6.04 Å². The molecule has 2 aliphatic heterocycles. The van der Waals surface area contributed by atoms with E-state index in [1.54, 1.807) is 19.1 Å². The van der Waals surface area contributed by atoms with Gasteiger partial charge in [0, 0.05) is 29.8 Å². The van der Waals surface area contributed by atoms with Crippen LogP contribution in [0.25, 0.3) is 0 Å². The Labute approximate surface area is 192 Å². The first kappa shape index (κ1) is 20.7. The molecule has 1 atom stereocenters. The van der Waals surface area contributed by atoms with Gasteiger partial charge >= 0.3 is 6.03 Å². The Morgan fingerprint density at radius 3 is 2.30 bits per heavy atom. The number of nitrogens with one attached hydrogen (secondary N) is 2. The van der Waals surface area contributed by atoms with E-state index in [1.165, 1.54) is 0 Å². The highest BCUT2D eigenvalue weighted by molar-refractivity contribution is 6.11. The second-order valence-corrected chi connectivity index (χ2v) is 8.14. The molecular formula is C27H24N4O2. The third-order valence-corrected chi connectivity index (χ3v) is 5.98. The van der Waals surface area contributed by atoms with E-state index in [1.807, 2.05) is 65.7 Å². The van der Waals surface area contributed by atoms with Gasteiger partial charge in [0.05, 0.1) is 17.4 Å². The molecule has 0 aromatic heterocycles. The lowest BCUT2D eigenvalue weighted by atomic mass is 9.89. The Morgan fingerprint density at radius 2 is 1.61 bits per heavy atom. The van der Waals surface area contributed by atoms with Gasteiger partial charge in [-0.2, -0.15) is 5.10 Å². The molecule has 2 heterocycles. The number of ketones is 1. The fourth-order valence-corrected chi connectivity index (χ4v) is 4.31. The first-order valence-electron chi connectivity index (χ1n) is 11.0. The van der Waals surface area contributed by atoms with Crippen molar-refractivity contribution in [3.8, 4) is 0 Å². The van der Waals surface area contributed by atoms with Crippen molar-refractivity contribution in [3.63, 3.8) is 0 Å². The van der Waals surface area contributed by atoms with Crippen molar-refractivity contribution in [2.45, 2.75) is 19.4 Å². The van der Waals surface area contributed by atoms with Crippen LogP contribution in [0.2, 0.25) is 0 Å². The minimum Gasteiger partial charge on any atom is -0.327 e. The monoisotopic (exact) mass is 436 g/mol. The van der Waals surface area contributed by atoms with Crippen molar-refractivity contribution in [3.05, 3.63) is 113 Å². The zero-order chi connectivity index (χ0) is 22.8. The van der Waals surface area contributed by atoms with Crippen LogP contribution in [-0.4, -0.2) is 24.1 Å². The normalized spacial score (nSPS) is 18.0. The summed E-state index contributed by atoms with van der Waals surface area (Å²) in [4.78, 5) is 25.5. The number of allylic oxidation sites excluding steroid dienone is 1. The maximum atomic E-state index is 13.3. The number of hydrazone groups is 1. The Kier molecular flexibility index (Phi) is 5.48. The molecule has 0 saturated heterocycles. The smallest absolute Gasteiger partial charge is 0.319 e. The molecule has 2 N–H and O–H groups in total.